The molecule has 2 atom stereocenters. The molecule has 1 fully saturated rings. The number of thioether (sulfide) groups is 1. The minimum atomic E-state index is -1.40. The highest BCUT2D eigenvalue weighted by molar-refractivity contribution is 8.03. The lowest BCUT2D eigenvalue weighted by atomic mass is 9.85. The van der Waals surface area contributed by atoms with E-state index in [-0.39, 0.29) is 18.2 Å². The van der Waals surface area contributed by atoms with E-state index in [1.807, 2.05) is 60.7 Å². The Morgan fingerprint density at radius 1 is 1.12 bits per heavy atom. The third-order valence-corrected chi connectivity index (χ3v) is 5.97. The molecule has 2 aliphatic heterocycles. The van der Waals surface area contributed by atoms with Gasteiger partial charge in [-0.2, -0.15) is 5.26 Å². The van der Waals surface area contributed by atoms with Crippen molar-refractivity contribution in [2.45, 2.75) is 18.1 Å². The maximum atomic E-state index is 12.9. The molecule has 25 heavy (non-hydrogen) atoms. The lowest BCUT2D eigenvalue weighted by molar-refractivity contribution is -0.149. The summed E-state index contributed by atoms with van der Waals surface area (Å²) in [6.45, 7) is 0. The van der Waals surface area contributed by atoms with E-state index in [1.165, 1.54) is 16.7 Å². The number of hydrogen-bond donors (Lipinski definition) is 1. The topological polar surface area (TPSA) is 64.3 Å². The van der Waals surface area contributed by atoms with E-state index in [1.54, 1.807) is 0 Å². The third kappa shape index (κ3) is 2.46. The molecule has 4 nitrogen and oxygen atoms in total. The summed E-state index contributed by atoms with van der Waals surface area (Å²) in [4.78, 5) is 14.3. The first kappa shape index (κ1) is 15.9. The molecule has 0 aliphatic carbocycles. The predicted molar refractivity (Wildman–Crippen MR) is 96.1 cm³/mol. The van der Waals surface area contributed by atoms with Crippen LogP contribution in [0.1, 0.15) is 23.5 Å². The number of nitrogens with zero attached hydrogens (tertiary/aromatic N) is 2. The van der Waals surface area contributed by atoms with E-state index in [9.17, 15) is 15.2 Å². The Kier molecular flexibility index (Phi) is 3.87. The van der Waals surface area contributed by atoms with Crippen LogP contribution in [-0.2, 0) is 10.5 Å². The monoisotopic (exact) mass is 348 g/mol. The van der Waals surface area contributed by atoms with Gasteiger partial charge in [0.25, 0.3) is 0 Å². The van der Waals surface area contributed by atoms with Gasteiger partial charge in [0.05, 0.1) is 22.4 Å². The summed E-state index contributed by atoms with van der Waals surface area (Å²) in [5, 5.41) is 21.6. The van der Waals surface area contributed by atoms with Gasteiger partial charge in [0.1, 0.15) is 0 Å². The molecule has 4 rings (SSSR count). The fourth-order valence-electron chi connectivity index (χ4n) is 3.51. The van der Waals surface area contributed by atoms with E-state index in [4.69, 9.17) is 0 Å². The first-order valence-electron chi connectivity index (χ1n) is 8.08. The van der Waals surface area contributed by atoms with Crippen molar-refractivity contribution in [1.82, 2.24) is 4.90 Å². The molecular weight excluding hydrogens is 332 g/mol. The standard InChI is InChI=1S/C20H16N2O2S/c21-12-17-16(14-7-3-1-4-8-14)11-18(23)22-19(17)25-13-20(22,24)15-9-5-2-6-10-15/h1-10,16,24H,11,13H2/t16-,20-/m1/s1. The lowest BCUT2D eigenvalue weighted by Gasteiger charge is -2.38. The molecular formula is C20H16N2O2S. The number of aliphatic hydroxyl groups is 1. The van der Waals surface area contributed by atoms with Crippen molar-refractivity contribution in [2.24, 2.45) is 0 Å². The summed E-state index contributed by atoms with van der Waals surface area (Å²) >= 11 is 1.38. The van der Waals surface area contributed by atoms with Crippen LogP contribution in [0.2, 0.25) is 0 Å². The fraction of sp³-hybridized carbons (Fsp3) is 0.200. The molecule has 0 bridgehead atoms. The summed E-state index contributed by atoms with van der Waals surface area (Å²) in [6, 6.07) is 21.1. The van der Waals surface area contributed by atoms with Crippen LogP contribution in [0.4, 0.5) is 0 Å². The molecule has 2 aromatic carbocycles. The Morgan fingerprint density at radius 2 is 1.76 bits per heavy atom. The van der Waals surface area contributed by atoms with Gasteiger partial charge < -0.3 is 5.11 Å². The van der Waals surface area contributed by atoms with Crippen LogP contribution in [0.25, 0.3) is 0 Å². The number of fused-ring (bicyclic) bond motifs is 1. The summed E-state index contributed by atoms with van der Waals surface area (Å²) in [7, 11) is 0. The van der Waals surface area contributed by atoms with Crippen LogP contribution < -0.4 is 0 Å². The highest BCUT2D eigenvalue weighted by Gasteiger charge is 2.51. The van der Waals surface area contributed by atoms with Gasteiger partial charge in [-0.1, -0.05) is 60.7 Å². The number of amides is 1. The zero-order valence-corrected chi connectivity index (χ0v) is 14.2. The van der Waals surface area contributed by atoms with Gasteiger partial charge in [-0.3, -0.25) is 9.69 Å². The van der Waals surface area contributed by atoms with Crippen LogP contribution >= 0.6 is 11.8 Å². The zero-order chi connectivity index (χ0) is 17.4. The average Bonchev–Trinajstić information content (AvgIpc) is 3.02. The van der Waals surface area contributed by atoms with Crippen LogP contribution in [0, 0.1) is 11.3 Å². The number of hydrogen-bond acceptors (Lipinski definition) is 4. The second-order valence-corrected chi connectivity index (χ2v) is 7.16. The summed E-state index contributed by atoms with van der Waals surface area (Å²) < 4.78 is 0. The van der Waals surface area contributed by atoms with Crippen molar-refractivity contribution >= 4 is 17.7 Å². The van der Waals surface area contributed by atoms with Crippen molar-refractivity contribution in [2.75, 3.05) is 5.75 Å². The van der Waals surface area contributed by atoms with Crippen molar-refractivity contribution < 1.29 is 9.90 Å². The van der Waals surface area contributed by atoms with Crippen LogP contribution in [0.3, 0.4) is 0 Å². The Labute approximate surface area is 150 Å². The van der Waals surface area contributed by atoms with E-state index < -0.39 is 5.72 Å². The largest absolute Gasteiger partial charge is 0.366 e. The van der Waals surface area contributed by atoms with Gasteiger partial charge >= 0.3 is 0 Å². The first-order valence-corrected chi connectivity index (χ1v) is 9.06. The molecule has 0 unspecified atom stereocenters. The van der Waals surface area contributed by atoms with Crippen molar-refractivity contribution in [3.63, 3.8) is 0 Å². The zero-order valence-electron chi connectivity index (χ0n) is 13.4. The third-order valence-electron chi connectivity index (χ3n) is 4.75. The van der Waals surface area contributed by atoms with Crippen LogP contribution in [-0.4, -0.2) is 21.7 Å². The average molecular weight is 348 g/mol. The fourth-order valence-corrected chi connectivity index (χ4v) is 4.87. The Morgan fingerprint density at radius 3 is 2.40 bits per heavy atom. The van der Waals surface area contributed by atoms with E-state index in [0.717, 1.165) is 5.56 Å². The molecule has 124 valence electrons. The molecule has 2 aliphatic rings. The van der Waals surface area contributed by atoms with Crippen LogP contribution in [0.15, 0.2) is 71.3 Å². The van der Waals surface area contributed by atoms with Crippen molar-refractivity contribution in [3.05, 3.63) is 82.4 Å². The van der Waals surface area contributed by atoms with Crippen molar-refractivity contribution in [1.29, 1.82) is 5.26 Å². The number of carbonyl (C=O) groups is 1. The normalized spacial score (nSPS) is 25.7. The highest BCUT2D eigenvalue weighted by atomic mass is 32.2. The number of allylic oxidation sites excluding steroid dienone is 1. The van der Waals surface area contributed by atoms with Gasteiger partial charge in [0, 0.05) is 17.9 Å². The Balaban J connectivity index is 1.83. The molecule has 1 N–H and O–H groups in total. The number of carbonyl (C=O) groups excluding carboxylic acids is 1. The summed E-state index contributed by atoms with van der Waals surface area (Å²) in [5.74, 6) is -0.0834. The Bertz CT molecular complexity index is 889. The molecule has 0 aromatic heterocycles. The maximum Gasteiger partial charge on any atom is 0.231 e. The lowest BCUT2D eigenvalue weighted by Crippen LogP contribution is -2.48. The molecule has 5 heteroatoms. The molecule has 1 saturated heterocycles. The van der Waals surface area contributed by atoms with E-state index in [0.29, 0.717) is 21.9 Å². The van der Waals surface area contributed by atoms with Crippen LogP contribution in [0.5, 0.6) is 0 Å². The molecule has 0 spiro atoms. The second-order valence-electron chi connectivity index (χ2n) is 6.20. The first-order chi connectivity index (χ1) is 12.1. The van der Waals surface area contributed by atoms with Gasteiger partial charge in [-0.05, 0) is 5.56 Å². The molecule has 2 aromatic rings. The maximum absolute atomic E-state index is 12.9. The summed E-state index contributed by atoms with van der Waals surface area (Å²) in [6.07, 6.45) is 0.187. The van der Waals surface area contributed by atoms with E-state index >= 15 is 0 Å². The number of rotatable bonds is 2. The molecule has 2 heterocycles. The number of benzene rings is 2. The molecule has 0 radical (unpaired) electrons. The van der Waals surface area contributed by atoms with Gasteiger partial charge in [-0.25, -0.2) is 0 Å². The molecule has 1 amide bonds. The molecule has 0 saturated carbocycles. The van der Waals surface area contributed by atoms with Gasteiger partial charge in [0.2, 0.25) is 5.91 Å². The van der Waals surface area contributed by atoms with Crippen molar-refractivity contribution in [3.8, 4) is 6.07 Å². The smallest absolute Gasteiger partial charge is 0.231 e. The second kappa shape index (κ2) is 6.07. The van der Waals surface area contributed by atoms with Gasteiger partial charge in [-0.15, -0.1) is 11.8 Å². The van der Waals surface area contributed by atoms with Gasteiger partial charge in [0.15, 0.2) is 5.72 Å². The highest BCUT2D eigenvalue weighted by Crippen LogP contribution is 2.51. The minimum Gasteiger partial charge on any atom is -0.366 e. The predicted octanol–water partition coefficient (Wildman–Crippen LogP) is 3.33. The number of nitriles is 1. The Hall–Kier alpha value is -2.55. The SMILES string of the molecule is N#CC1=C2SC[C@@](O)(c3ccccc3)N2C(=O)C[C@@H]1c1ccccc1. The summed E-state index contributed by atoms with van der Waals surface area (Å²) in [5.41, 5.74) is 0.779. The van der Waals surface area contributed by atoms with E-state index in [2.05, 4.69) is 6.07 Å². The minimum absolute atomic E-state index is 0.154. The quantitative estimate of drug-likeness (QED) is 0.904.